The summed E-state index contributed by atoms with van der Waals surface area (Å²) in [6, 6.07) is 12.9. The third-order valence-corrected chi connectivity index (χ3v) is 8.47. The van der Waals surface area contributed by atoms with Crippen LogP contribution in [0.5, 0.6) is 28.7 Å². The lowest BCUT2D eigenvalue weighted by atomic mass is 10.1. The van der Waals surface area contributed by atoms with Crippen LogP contribution in [-0.2, 0) is 24.7 Å². The van der Waals surface area contributed by atoms with E-state index in [4.69, 9.17) is 23.5 Å². The number of benzene rings is 3. The van der Waals surface area contributed by atoms with Crippen LogP contribution < -0.4 is 29.0 Å². The predicted molar refractivity (Wildman–Crippen MR) is 193 cm³/mol. The number of carbonyl (C=O) groups excluding carboxylic acids is 2. The highest BCUT2D eigenvalue weighted by atomic mass is 32.3. The minimum absolute atomic E-state index is 0.0796. The Morgan fingerprint density at radius 1 is 0.981 bits per heavy atom. The summed E-state index contributed by atoms with van der Waals surface area (Å²) in [7, 11) is -1.43. The van der Waals surface area contributed by atoms with Gasteiger partial charge in [0.2, 0.25) is 6.41 Å². The lowest BCUT2D eigenvalue weighted by molar-refractivity contribution is -0.111. The summed E-state index contributed by atoms with van der Waals surface area (Å²) in [5.41, 5.74) is 1.38. The molecule has 1 amide bonds. The van der Waals surface area contributed by atoms with Gasteiger partial charge in [0.25, 0.3) is 0 Å². The van der Waals surface area contributed by atoms with Crippen molar-refractivity contribution in [3.8, 4) is 28.7 Å². The van der Waals surface area contributed by atoms with Crippen LogP contribution >= 0.6 is 0 Å². The molecule has 1 saturated carbocycles. The number of anilines is 2. The average molecular weight is 761 g/mol. The van der Waals surface area contributed by atoms with Gasteiger partial charge in [-0.05, 0) is 55.7 Å². The number of hydrogen-bond acceptors (Lipinski definition) is 12. The van der Waals surface area contributed by atoms with Gasteiger partial charge >= 0.3 is 10.4 Å². The second kappa shape index (κ2) is 19.1. The molecule has 286 valence electrons. The smallest absolute Gasteiger partial charge is 0.446 e. The molecule has 2 heterocycles. The summed E-state index contributed by atoms with van der Waals surface area (Å²) < 4.78 is 83.0. The number of aldehydes is 1. The predicted octanol–water partition coefficient (Wildman–Crippen LogP) is 5.88. The molecule has 17 heteroatoms. The highest BCUT2D eigenvalue weighted by Gasteiger charge is 2.36. The molecule has 3 aromatic carbocycles. The summed E-state index contributed by atoms with van der Waals surface area (Å²) in [4.78, 5) is 26.8. The van der Waals surface area contributed by atoms with Crippen LogP contribution in [0.4, 0.5) is 20.2 Å². The molecular formula is C36H42F2N4O10S. The second-order valence-electron chi connectivity index (χ2n) is 12.2. The van der Waals surface area contributed by atoms with Gasteiger partial charge in [0.1, 0.15) is 17.9 Å². The number of pyridine rings is 1. The number of halogens is 2. The van der Waals surface area contributed by atoms with Crippen molar-refractivity contribution in [1.82, 2.24) is 9.88 Å². The first-order valence-corrected chi connectivity index (χ1v) is 17.9. The maximum Gasteiger partial charge on any atom is 0.446 e. The molecule has 6 rings (SSSR count). The van der Waals surface area contributed by atoms with Crippen molar-refractivity contribution in [3.05, 3.63) is 72.4 Å². The molecule has 1 aliphatic heterocycles. The topological polar surface area (TPSA) is 175 Å². The molecule has 0 spiro atoms. The number of rotatable bonds is 14. The van der Waals surface area contributed by atoms with Crippen molar-refractivity contribution in [3.63, 3.8) is 0 Å². The van der Waals surface area contributed by atoms with Crippen LogP contribution in [-0.4, -0.2) is 89.2 Å². The fraction of sp³-hybridized carbons (Fsp3) is 0.361. The monoisotopic (exact) mass is 760 g/mol. The molecule has 2 fully saturated rings. The van der Waals surface area contributed by atoms with E-state index in [0.29, 0.717) is 46.5 Å². The van der Waals surface area contributed by atoms with Gasteiger partial charge in [-0.3, -0.25) is 19.2 Å². The fourth-order valence-corrected chi connectivity index (χ4v) is 5.18. The van der Waals surface area contributed by atoms with Gasteiger partial charge in [-0.25, -0.2) is 8.78 Å². The van der Waals surface area contributed by atoms with E-state index in [0.717, 1.165) is 70.5 Å². The van der Waals surface area contributed by atoms with Crippen LogP contribution in [0.2, 0.25) is 0 Å². The zero-order valence-electron chi connectivity index (χ0n) is 29.5. The van der Waals surface area contributed by atoms with Crippen molar-refractivity contribution in [2.75, 3.05) is 64.2 Å². The molecule has 1 saturated heterocycles. The highest BCUT2D eigenvalue weighted by molar-refractivity contribution is 7.81. The first-order valence-electron chi connectivity index (χ1n) is 16.5. The van der Waals surface area contributed by atoms with Crippen molar-refractivity contribution in [1.29, 1.82) is 0 Å². The molecule has 1 aromatic heterocycles. The summed E-state index contributed by atoms with van der Waals surface area (Å²) >= 11 is 0. The minimum Gasteiger partial charge on any atom is -0.493 e. The number of aromatic nitrogens is 1. The average Bonchev–Trinajstić information content (AvgIpc) is 3.89. The maximum atomic E-state index is 14.4. The molecule has 14 nitrogen and oxygen atoms in total. The Labute approximate surface area is 306 Å². The van der Waals surface area contributed by atoms with E-state index in [1.807, 2.05) is 19.1 Å². The molecule has 0 bridgehead atoms. The Hall–Kier alpha value is -5.10. The van der Waals surface area contributed by atoms with Crippen molar-refractivity contribution in [2.24, 2.45) is 5.41 Å². The Bertz CT molecular complexity index is 1960. The van der Waals surface area contributed by atoms with Gasteiger partial charge in [0, 0.05) is 67.6 Å². The fourth-order valence-electron chi connectivity index (χ4n) is 4.82. The highest BCUT2D eigenvalue weighted by Crippen LogP contribution is 2.42. The summed E-state index contributed by atoms with van der Waals surface area (Å²) in [6.07, 6.45) is 6.05. The summed E-state index contributed by atoms with van der Waals surface area (Å²) in [5, 5.41) is 5.69. The third kappa shape index (κ3) is 12.8. The molecule has 1 aliphatic carbocycles. The van der Waals surface area contributed by atoms with Crippen LogP contribution in [0.1, 0.15) is 26.2 Å². The van der Waals surface area contributed by atoms with E-state index in [-0.39, 0.29) is 23.3 Å². The van der Waals surface area contributed by atoms with E-state index in [1.54, 1.807) is 38.6 Å². The van der Waals surface area contributed by atoms with Gasteiger partial charge in [-0.15, -0.1) is 0 Å². The second-order valence-corrected chi connectivity index (χ2v) is 13.2. The number of ether oxygens (including phenoxy) is 4. The van der Waals surface area contributed by atoms with E-state index in [2.05, 4.69) is 24.7 Å². The van der Waals surface area contributed by atoms with Gasteiger partial charge in [0.15, 0.2) is 28.8 Å². The first kappa shape index (κ1) is 40.7. The molecule has 3 N–H and O–H groups in total. The summed E-state index contributed by atoms with van der Waals surface area (Å²) in [6.45, 7) is 7.03. The molecular weight excluding hydrogens is 718 g/mol. The molecule has 0 atom stereocenters. The normalized spacial score (nSPS) is 14.7. The Morgan fingerprint density at radius 3 is 2.34 bits per heavy atom. The maximum absolute atomic E-state index is 14.4. The van der Waals surface area contributed by atoms with Crippen LogP contribution in [0.15, 0.2) is 60.8 Å². The first-order chi connectivity index (χ1) is 25.4. The largest absolute Gasteiger partial charge is 0.493 e. The zero-order chi connectivity index (χ0) is 38.4. The van der Waals surface area contributed by atoms with E-state index < -0.39 is 27.8 Å². The number of carbonyl (C=O) groups is 2. The van der Waals surface area contributed by atoms with Gasteiger partial charge in [0.05, 0.1) is 38.1 Å². The quantitative estimate of drug-likeness (QED) is 0.0791. The van der Waals surface area contributed by atoms with E-state index >= 15 is 0 Å². The molecule has 0 unspecified atom stereocenters. The van der Waals surface area contributed by atoms with Crippen LogP contribution in [0, 0.1) is 17.0 Å². The Morgan fingerprint density at radius 2 is 1.74 bits per heavy atom. The van der Waals surface area contributed by atoms with Crippen LogP contribution in [0.25, 0.3) is 10.9 Å². The minimum atomic E-state index is -4.76. The molecule has 0 radical (unpaired) electrons. The lowest BCUT2D eigenvalue weighted by Crippen LogP contribution is -2.37. The van der Waals surface area contributed by atoms with E-state index in [9.17, 15) is 26.8 Å². The number of morpholine rings is 1. The standard InChI is InChI=1S/C24H28FN3O4.C7H6FNO5S.C5H8O/c1-26-17-4-5-22(19(25)14-17)32-21-6-7-27-20-16-24(23(29-2)15-18(20)21)31-11-3-8-28-9-12-30-13-10-28;8-5-1-2-6(9-4-10)7(3-5)14-15(11,12)13;1-5(4-6)2-3-5/h4-7,14-16,26H,3,8-13H2,1-2H3;1-4H,(H,9,10)(H,11,12,13);4H,2-3H2,1H3. The van der Waals surface area contributed by atoms with Crippen molar-refractivity contribution in [2.45, 2.75) is 26.2 Å². The van der Waals surface area contributed by atoms with Crippen LogP contribution in [0.3, 0.4) is 0 Å². The number of nitrogens with zero attached hydrogens (tertiary/aromatic N) is 2. The summed E-state index contributed by atoms with van der Waals surface area (Å²) in [5.74, 6) is 0.0924. The number of fused-ring (bicyclic) bond motifs is 1. The number of nitrogens with one attached hydrogen (secondary N) is 2. The zero-order valence-corrected chi connectivity index (χ0v) is 30.3. The van der Waals surface area contributed by atoms with E-state index in [1.165, 1.54) is 6.07 Å². The van der Waals surface area contributed by atoms with Crippen molar-refractivity contribution >= 4 is 45.4 Å². The Kier molecular flexibility index (Phi) is 14.7. The Balaban J connectivity index is 0.000000245. The molecule has 53 heavy (non-hydrogen) atoms. The van der Waals surface area contributed by atoms with Crippen molar-refractivity contribution < 1.29 is 54.5 Å². The van der Waals surface area contributed by atoms with Gasteiger partial charge in [-0.1, -0.05) is 6.92 Å². The van der Waals surface area contributed by atoms with Gasteiger partial charge < -0.3 is 38.6 Å². The number of amides is 1. The van der Waals surface area contributed by atoms with Gasteiger partial charge in [-0.2, -0.15) is 8.42 Å². The SMILES string of the molecule is CC1(C=O)CC1.CNc1ccc(Oc2ccnc3cc(OCCCN4CCOCC4)c(OC)cc23)c(F)c1.O=CNc1ccc(F)cc1OS(=O)(=O)O. The molecule has 4 aromatic rings. The molecule has 2 aliphatic rings. The third-order valence-electron chi connectivity index (χ3n) is 8.08. The number of methoxy groups -OCH3 is 1. The number of hydrogen-bond donors (Lipinski definition) is 3. The lowest BCUT2D eigenvalue weighted by Gasteiger charge is -2.26.